The summed E-state index contributed by atoms with van der Waals surface area (Å²) < 4.78 is 52.2. The van der Waals surface area contributed by atoms with Gasteiger partial charge in [-0.25, -0.2) is 0 Å². The summed E-state index contributed by atoms with van der Waals surface area (Å²) in [7, 11) is 0.953. The Kier molecular flexibility index (Phi) is 5.33. The summed E-state index contributed by atoms with van der Waals surface area (Å²) in [6, 6.07) is 5.60. The third-order valence-electron chi connectivity index (χ3n) is 3.79. The van der Waals surface area contributed by atoms with Gasteiger partial charge in [-0.15, -0.1) is 0 Å². The Morgan fingerprint density at radius 1 is 1.22 bits per heavy atom. The Bertz CT molecular complexity index is 870. The molecule has 1 aliphatic rings. The average Bonchev–Trinajstić information content (AvgIpc) is 2.97. The number of benzene rings is 1. The minimum atomic E-state index is -2.97. The number of ether oxygens (including phenoxy) is 3. The molecule has 0 saturated heterocycles. The van der Waals surface area contributed by atoms with Crippen molar-refractivity contribution < 1.29 is 32.3 Å². The summed E-state index contributed by atoms with van der Waals surface area (Å²) in [6.45, 7) is -2.97. The molecule has 3 rings (SSSR count). The molecule has 0 bridgehead atoms. The maximum atomic E-state index is 12.8. The van der Waals surface area contributed by atoms with Crippen molar-refractivity contribution in [3.05, 3.63) is 36.2 Å². The summed E-state index contributed by atoms with van der Waals surface area (Å²) in [6.07, 6.45) is 1.47. The first-order valence-corrected chi connectivity index (χ1v) is 9.00. The zero-order chi connectivity index (χ0) is 19.6. The van der Waals surface area contributed by atoms with Gasteiger partial charge in [-0.3, -0.25) is 9.19 Å². The minimum absolute atomic E-state index is 0.0933. The van der Waals surface area contributed by atoms with Gasteiger partial charge in [0.15, 0.2) is 11.5 Å². The van der Waals surface area contributed by atoms with E-state index in [1.807, 2.05) is 0 Å². The predicted octanol–water partition coefficient (Wildman–Crippen LogP) is 2.09. The number of nitrogens with one attached hydrogen (secondary N) is 2. The number of pyridine rings is 1. The first kappa shape index (κ1) is 19.1. The molecule has 0 aliphatic carbocycles. The first-order chi connectivity index (χ1) is 12.9. The highest BCUT2D eigenvalue weighted by molar-refractivity contribution is 7.85. The van der Waals surface area contributed by atoms with Crippen molar-refractivity contribution in [3.8, 4) is 17.2 Å². The molecule has 3 N–H and O–H groups in total. The lowest BCUT2D eigenvalue weighted by molar-refractivity contribution is -0.0497. The van der Waals surface area contributed by atoms with Crippen molar-refractivity contribution in [2.24, 2.45) is 0 Å². The smallest absolute Gasteiger partial charge is 0.387 e. The second-order valence-corrected chi connectivity index (χ2v) is 7.03. The van der Waals surface area contributed by atoms with Crippen LogP contribution in [0.15, 0.2) is 30.5 Å². The molecule has 2 heterocycles. The zero-order valence-corrected chi connectivity index (χ0v) is 15.2. The van der Waals surface area contributed by atoms with Crippen molar-refractivity contribution in [2.75, 3.05) is 24.9 Å². The van der Waals surface area contributed by atoms with Gasteiger partial charge >= 0.3 is 6.61 Å². The van der Waals surface area contributed by atoms with Crippen molar-refractivity contribution in [1.29, 1.82) is 0 Å². The van der Waals surface area contributed by atoms with Crippen molar-refractivity contribution in [1.82, 2.24) is 4.98 Å². The molecule has 0 fully saturated rings. The molecule has 2 aromatic rings. The van der Waals surface area contributed by atoms with Gasteiger partial charge in [0.05, 0.1) is 37.0 Å². The number of alkyl halides is 2. The van der Waals surface area contributed by atoms with Gasteiger partial charge in [0, 0.05) is 18.3 Å². The van der Waals surface area contributed by atoms with Gasteiger partial charge in [0.1, 0.15) is 16.5 Å². The number of hydrogen-bond acceptors (Lipinski definition) is 8. The van der Waals surface area contributed by atoms with Crippen molar-refractivity contribution >= 4 is 22.2 Å². The molecular formula is C16H17F2N3O5S. The van der Waals surface area contributed by atoms with Crippen molar-refractivity contribution in [3.63, 3.8) is 0 Å². The van der Waals surface area contributed by atoms with Crippen LogP contribution in [0.1, 0.15) is 5.69 Å². The van der Waals surface area contributed by atoms with Crippen LogP contribution in [0.5, 0.6) is 17.2 Å². The van der Waals surface area contributed by atoms with Crippen molar-refractivity contribution in [2.45, 2.75) is 17.5 Å². The third kappa shape index (κ3) is 3.88. The second-order valence-electron chi connectivity index (χ2n) is 5.46. The van der Waals surface area contributed by atoms with Crippen LogP contribution >= 0.6 is 0 Å². The Labute approximate surface area is 155 Å². The van der Waals surface area contributed by atoms with Gasteiger partial charge in [0.2, 0.25) is 0 Å². The average molecular weight is 401 g/mol. The summed E-state index contributed by atoms with van der Waals surface area (Å²) in [5.74, 6) is 0.464. The van der Waals surface area contributed by atoms with E-state index >= 15 is 0 Å². The summed E-state index contributed by atoms with van der Waals surface area (Å²) in [5.41, 5.74) is 0.984. The fraction of sp³-hybridized carbons (Fsp3) is 0.312. The molecule has 146 valence electrons. The molecule has 0 radical (unpaired) electrons. The normalized spacial score (nSPS) is 19.0. The van der Waals surface area contributed by atoms with Gasteiger partial charge in [-0.05, 0) is 12.1 Å². The van der Waals surface area contributed by atoms with Gasteiger partial charge in [-0.2, -0.15) is 8.78 Å². The molecule has 1 aliphatic heterocycles. The maximum Gasteiger partial charge on any atom is 0.387 e. The third-order valence-corrected chi connectivity index (χ3v) is 5.19. The van der Waals surface area contributed by atoms with E-state index in [1.165, 1.54) is 38.6 Å². The van der Waals surface area contributed by atoms with E-state index in [2.05, 4.69) is 20.4 Å². The Hall–Kier alpha value is -2.66. The van der Waals surface area contributed by atoms with Gasteiger partial charge < -0.3 is 30.0 Å². The summed E-state index contributed by atoms with van der Waals surface area (Å²) >= 11 is 0. The number of aromatic nitrogens is 1. The Balaban J connectivity index is 1.79. The first-order valence-electron chi connectivity index (χ1n) is 7.68. The molecule has 1 aromatic carbocycles. The van der Waals surface area contributed by atoms with Crippen LogP contribution in [0.2, 0.25) is 0 Å². The molecule has 0 amide bonds. The van der Waals surface area contributed by atoms with Crippen LogP contribution in [-0.2, 0) is 16.6 Å². The Morgan fingerprint density at radius 2 is 1.96 bits per heavy atom. The van der Waals surface area contributed by atoms with Crippen LogP contribution in [-0.4, -0.2) is 40.3 Å². The lowest BCUT2D eigenvalue weighted by atomic mass is 10.2. The number of hydrogen-bond donors (Lipinski definition) is 3. The number of halogens is 2. The van der Waals surface area contributed by atoms with E-state index in [4.69, 9.17) is 9.47 Å². The van der Waals surface area contributed by atoms with Crippen LogP contribution in [0.3, 0.4) is 0 Å². The highest BCUT2D eigenvalue weighted by Gasteiger charge is 2.41. The quantitative estimate of drug-likeness (QED) is 0.648. The molecular weight excluding hydrogens is 384 g/mol. The van der Waals surface area contributed by atoms with E-state index in [0.29, 0.717) is 22.9 Å². The maximum absolute atomic E-state index is 12.8. The van der Waals surface area contributed by atoms with E-state index in [-0.39, 0.29) is 17.2 Å². The van der Waals surface area contributed by atoms with Crippen LogP contribution in [0.25, 0.3) is 0 Å². The predicted molar refractivity (Wildman–Crippen MR) is 94.5 cm³/mol. The molecule has 0 saturated carbocycles. The lowest BCUT2D eigenvalue weighted by Gasteiger charge is -2.23. The van der Waals surface area contributed by atoms with Gasteiger partial charge in [-0.1, -0.05) is 0 Å². The monoisotopic (exact) mass is 401 g/mol. The van der Waals surface area contributed by atoms with Gasteiger partial charge in [0.25, 0.3) is 5.18 Å². The van der Waals surface area contributed by atoms with E-state index < -0.39 is 22.6 Å². The molecule has 2 atom stereocenters. The number of methoxy groups -OCH3 is 2. The second kappa shape index (κ2) is 7.53. The number of nitrogens with zero attached hydrogens (tertiary/aromatic N) is 1. The molecule has 0 spiro atoms. The molecule has 2 unspecified atom stereocenters. The summed E-state index contributed by atoms with van der Waals surface area (Å²) in [5, 5.41) is 14.0. The minimum Gasteiger partial charge on any atom is -0.493 e. The number of aliphatic hydroxyl groups is 1. The molecule has 1 aromatic heterocycles. The fourth-order valence-corrected chi connectivity index (χ4v) is 3.71. The molecule has 27 heavy (non-hydrogen) atoms. The highest BCUT2D eigenvalue weighted by Crippen LogP contribution is 2.38. The standard InChI is InChI=1S/C16H17F2N3O5S/c1-24-13-5-6-19-12(14(13)25-2)8-27(23)16(22)20-10-4-3-9(26-15(17)18)7-11(10)21-16/h3-7,15,20-22H,8H2,1-2H3. The largest absolute Gasteiger partial charge is 0.493 e. The van der Waals surface area contributed by atoms with Crippen LogP contribution < -0.4 is 24.8 Å². The highest BCUT2D eigenvalue weighted by atomic mass is 32.2. The number of anilines is 2. The zero-order valence-electron chi connectivity index (χ0n) is 14.4. The van der Waals surface area contributed by atoms with Crippen LogP contribution in [0, 0.1) is 0 Å². The Morgan fingerprint density at radius 3 is 2.63 bits per heavy atom. The van der Waals surface area contributed by atoms with E-state index in [1.54, 1.807) is 6.07 Å². The van der Waals surface area contributed by atoms with E-state index in [0.717, 1.165) is 0 Å². The number of fused-ring (bicyclic) bond motifs is 1. The molecule has 8 nitrogen and oxygen atoms in total. The SMILES string of the molecule is COc1ccnc(CS(=O)C2(O)Nc3ccc(OC(F)F)cc3N2)c1OC. The lowest BCUT2D eigenvalue weighted by Crippen LogP contribution is -2.46. The molecule has 11 heteroatoms. The summed E-state index contributed by atoms with van der Waals surface area (Å²) in [4.78, 5) is 4.13. The topological polar surface area (TPSA) is 102 Å². The van der Waals surface area contributed by atoms with E-state index in [9.17, 15) is 18.1 Å². The van der Waals surface area contributed by atoms with Crippen LogP contribution in [0.4, 0.5) is 20.2 Å². The number of rotatable bonds is 7. The fourth-order valence-electron chi connectivity index (χ4n) is 2.60.